The molecule has 0 unspecified atom stereocenters. The van der Waals surface area contributed by atoms with Crippen LogP contribution in [-0.4, -0.2) is 52.2 Å². The SMILES string of the molecule is C[C@@H]1CCCN(C(=O)CN2C(=O)N[C@@](C)(c3ccc([N+](=O)[O-])cc3)C2=O)C1. The summed E-state index contributed by atoms with van der Waals surface area (Å²) in [4.78, 5) is 50.6. The minimum absolute atomic E-state index is 0.106. The summed E-state index contributed by atoms with van der Waals surface area (Å²) < 4.78 is 0. The molecule has 1 N–H and O–H groups in total. The molecule has 2 aliphatic heterocycles. The Hall–Kier alpha value is -2.97. The van der Waals surface area contributed by atoms with Crippen LogP contribution in [0.1, 0.15) is 32.3 Å². The number of imide groups is 1. The molecule has 0 spiro atoms. The van der Waals surface area contributed by atoms with Crippen LogP contribution >= 0.6 is 0 Å². The Morgan fingerprint density at radius 2 is 2.00 bits per heavy atom. The number of nitrogens with one attached hydrogen (secondary N) is 1. The van der Waals surface area contributed by atoms with Gasteiger partial charge in [-0.3, -0.25) is 24.6 Å². The van der Waals surface area contributed by atoms with E-state index >= 15 is 0 Å². The van der Waals surface area contributed by atoms with Crippen molar-refractivity contribution in [2.24, 2.45) is 5.92 Å². The molecule has 1 aromatic rings. The quantitative estimate of drug-likeness (QED) is 0.489. The van der Waals surface area contributed by atoms with Crippen molar-refractivity contribution in [2.45, 2.75) is 32.2 Å². The summed E-state index contributed by atoms with van der Waals surface area (Å²) in [7, 11) is 0. The summed E-state index contributed by atoms with van der Waals surface area (Å²) in [6.07, 6.45) is 1.97. The highest BCUT2D eigenvalue weighted by molar-refractivity contribution is 6.09. The number of non-ortho nitro benzene ring substituents is 1. The first-order valence-electron chi connectivity index (χ1n) is 8.89. The van der Waals surface area contributed by atoms with Gasteiger partial charge < -0.3 is 10.2 Å². The molecule has 9 heteroatoms. The summed E-state index contributed by atoms with van der Waals surface area (Å²) in [5, 5.41) is 13.4. The lowest BCUT2D eigenvalue weighted by Crippen LogP contribution is -2.47. The molecular weight excluding hydrogens is 352 g/mol. The van der Waals surface area contributed by atoms with Crippen LogP contribution in [0, 0.1) is 16.0 Å². The Bertz CT molecular complexity index is 793. The van der Waals surface area contributed by atoms with Crippen molar-refractivity contribution >= 4 is 23.5 Å². The van der Waals surface area contributed by atoms with Crippen molar-refractivity contribution in [3.8, 4) is 0 Å². The summed E-state index contributed by atoms with van der Waals surface area (Å²) in [5.74, 6) is -0.394. The van der Waals surface area contributed by atoms with Crippen LogP contribution in [0.25, 0.3) is 0 Å². The van der Waals surface area contributed by atoms with Crippen LogP contribution in [0.5, 0.6) is 0 Å². The number of carbonyl (C=O) groups is 3. The first-order chi connectivity index (χ1) is 12.7. The van der Waals surface area contributed by atoms with E-state index in [1.807, 2.05) is 0 Å². The molecule has 4 amide bonds. The van der Waals surface area contributed by atoms with Gasteiger partial charge in [0.25, 0.3) is 11.6 Å². The molecular formula is C18H22N4O5. The van der Waals surface area contributed by atoms with Crippen LogP contribution in [-0.2, 0) is 15.1 Å². The molecule has 2 atom stereocenters. The zero-order valence-electron chi connectivity index (χ0n) is 15.3. The van der Waals surface area contributed by atoms with E-state index in [0.717, 1.165) is 17.7 Å². The molecule has 2 heterocycles. The number of rotatable bonds is 4. The molecule has 3 rings (SSSR count). The molecule has 0 radical (unpaired) electrons. The summed E-state index contributed by atoms with van der Waals surface area (Å²) in [6.45, 7) is 4.55. The zero-order chi connectivity index (χ0) is 19.8. The number of hydrogen-bond donors (Lipinski definition) is 1. The van der Waals surface area contributed by atoms with E-state index in [-0.39, 0.29) is 18.1 Å². The van der Waals surface area contributed by atoms with Gasteiger partial charge in [0.05, 0.1) is 4.92 Å². The minimum Gasteiger partial charge on any atom is -0.341 e. The third-order valence-electron chi connectivity index (χ3n) is 5.23. The van der Waals surface area contributed by atoms with Crippen LogP contribution < -0.4 is 5.32 Å². The molecule has 0 aromatic heterocycles. The van der Waals surface area contributed by atoms with Gasteiger partial charge in [0, 0.05) is 25.2 Å². The third-order valence-corrected chi connectivity index (χ3v) is 5.23. The first kappa shape index (κ1) is 18.8. The minimum atomic E-state index is -1.36. The maximum absolute atomic E-state index is 12.9. The van der Waals surface area contributed by atoms with Crippen LogP contribution in [0.2, 0.25) is 0 Å². The predicted molar refractivity (Wildman–Crippen MR) is 95.7 cm³/mol. The van der Waals surface area contributed by atoms with Gasteiger partial charge in [0.15, 0.2) is 0 Å². The second-order valence-corrected chi connectivity index (χ2v) is 7.34. The molecule has 2 aliphatic rings. The van der Waals surface area contributed by atoms with Crippen LogP contribution in [0.4, 0.5) is 10.5 Å². The monoisotopic (exact) mass is 374 g/mol. The van der Waals surface area contributed by atoms with E-state index < -0.39 is 22.4 Å². The standard InChI is InChI=1S/C18H22N4O5/c1-12-4-3-9-20(10-12)15(23)11-21-16(24)18(2,19-17(21)25)13-5-7-14(8-6-13)22(26)27/h5-8,12H,3-4,9-11H2,1-2H3,(H,19,25)/t12-,18+/m1/s1. The molecule has 0 saturated carbocycles. The molecule has 0 aliphatic carbocycles. The Labute approximate surface area is 156 Å². The Kier molecular flexibility index (Phi) is 4.86. The highest BCUT2D eigenvalue weighted by Crippen LogP contribution is 2.30. The summed E-state index contributed by atoms with van der Waals surface area (Å²) >= 11 is 0. The Balaban J connectivity index is 1.75. The fraction of sp³-hybridized carbons (Fsp3) is 0.500. The topological polar surface area (TPSA) is 113 Å². The van der Waals surface area contributed by atoms with Gasteiger partial charge in [-0.25, -0.2) is 4.79 Å². The van der Waals surface area contributed by atoms with Crippen molar-refractivity contribution in [2.75, 3.05) is 19.6 Å². The average molecular weight is 374 g/mol. The largest absolute Gasteiger partial charge is 0.341 e. The zero-order valence-corrected chi connectivity index (χ0v) is 15.3. The normalized spacial score (nSPS) is 25.5. The molecule has 2 saturated heterocycles. The number of nitro groups is 1. The summed E-state index contributed by atoms with van der Waals surface area (Å²) in [6, 6.07) is 4.80. The number of nitrogens with zero attached hydrogens (tertiary/aromatic N) is 3. The number of benzene rings is 1. The number of nitro benzene ring substituents is 1. The van der Waals surface area contributed by atoms with Gasteiger partial charge in [0.2, 0.25) is 5.91 Å². The maximum atomic E-state index is 12.9. The lowest BCUT2D eigenvalue weighted by atomic mass is 9.92. The van der Waals surface area contributed by atoms with Crippen LogP contribution in [0.3, 0.4) is 0 Å². The fourth-order valence-electron chi connectivity index (χ4n) is 3.60. The van der Waals surface area contributed by atoms with E-state index in [0.29, 0.717) is 24.6 Å². The van der Waals surface area contributed by atoms with E-state index in [9.17, 15) is 24.5 Å². The van der Waals surface area contributed by atoms with Crippen molar-refractivity contribution in [3.63, 3.8) is 0 Å². The number of amides is 4. The second-order valence-electron chi connectivity index (χ2n) is 7.34. The predicted octanol–water partition coefficient (Wildman–Crippen LogP) is 1.62. The smallest absolute Gasteiger partial charge is 0.325 e. The maximum Gasteiger partial charge on any atom is 0.325 e. The Morgan fingerprint density at radius 1 is 1.33 bits per heavy atom. The number of urea groups is 1. The molecule has 1 aromatic carbocycles. The lowest BCUT2D eigenvalue weighted by Gasteiger charge is -2.31. The number of likely N-dealkylation sites (tertiary alicyclic amines) is 1. The second kappa shape index (κ2) is 6.98. The molecule has 0 bridgehead atoms. The van der Waals surface area contributed by atoms with Crippen molar-refractivity contribution in [1.82, 2.24) is 15.1 Å². The van der Waals surface area contributed by atoms with Crippen molar-refractivity contribution in [1.29, 1.82) is 0 Å². The summed E-state index contributed by atoms with van der Waals surface area (Å²) in [5.41, 5.74) is -1.04. The molecule has 144 valence electrons. The van der Waals surface area contributed by atoms with Gasteiger partial charge in [-0.05, 0) is 43.4 Å². The van der Waals surface area contributed by atoms with Crippen molar-refractivity contribution < 1.29 is 19.3 Å². The number of carbonyl (C=O) groups excluding carboxylic acids is 3. The third kappa shape index (κ3) is 3.49. The van der Waals surface area contributed by atoms with Gasteiger partial charge in [-0.2, -0.15) is 0 Å². The molecule has 9 nitrogen and oxygen atoms in total. The van der Waals surface area contributed by atoms with Crippen LogP contribution in [0.15, 0.2) is 24.3 Å². The van der Waals surface area contributed by atoms with Gasteiger partial charge in [0.1, 0.15) is 12.1 Å². The molecule has 2 fully saturated rings. The first-order valence-corrected chi connectivity index (χ1v) is 8.89. The van der Waals surface area contributed by atoms with Gasteiger partial charge >= 0.3 is 6.03 Å². The van der Waals surface area contributed by atoms with E-state index in [1.54, 1.807) is 4.90 Å². The number of piperidine rings is 1. The Morgan fingerprint density at radius 3 is 2.59 bits per heavy atom. The highest BCUT2D eigenvalue weighted by atomic mass is 16.6. The number of hydrogen-bond acceptors (Lipinski definition) is 5. The fourth-order valence-corrected chi connectivity index (χ4v) is 3.60. The van der Waals surface area contributed by atoms with E-state index in [1.165, 1.54) is 31.2 Å². The lowest BCUT2D eigenvalue weighted by molar-refractivity contribution is -0.384. The highest BCUT2D eigenvalue weighted by Gasteiger charge is 2.49. The van der Waals surface area contributed by atoms with E-state index in [2.05, 4.69) is 12.2 Å². The van der Waals surface area contributed by atoms with Crippen molar-refractivity contribution in [3.05, 3.63) is 39.9 Å². The van der Waals surface area contributed by atoms with Gasteiger partial charge in [-0.1, -0.05) is 6.92 Å². The van der Waals surface area contributed by atoms with Gasteiger partial charge in [-0.15, -0.1) is 0 Å². The average Bonchev–Trinajstić information content (AvgIpc) is 2.86. The van der Waals surface area contributed by atoms with E-state index in [4.69, 9.17) is 0 Å². The molecule has 27 heavy (non-hydrogen) atoms.